The Hall–Kier alpha value is -2.55. The standard InChI is InChI=1S/C15H13NO2/c16-14-4-2-1-3-13(14)15(18)10-7-11-5-8-12(17)9-6-11/h1-10,17H,16H2. The van der Waals surface area contributed by atoms with E-state index in [2.05, 4.69) is 0 Å². The number of anilines is 1. The summed E-state index contributed by atoms with van der Waals surface area (Å²) in [5.74, 6) is 0.0620. The lowest BCUT2D eigenvalue weighted by atomic mass is 10.1. The number of carbonyl (C=O) groups is 1. The number of rotatable bonds is 3. The van der Waals surface area contributed by atoms with Crippen LogP contribution >= 0.6 is 0 Å². The van der Waals surface area contributed by atoms with Crippen molar-refractivity contribution in [2.45, 2.75) is 0 Å². The summed E-state index contributed by atoms with van der Waals surface area (Å²) in [5.41, 5.74) is 7.53. The normalized spacial score (nSPS) is 10.7. The number of phenolic OH excluding ortho intramolecular Hbond substituents is 1. The molecule has 3 nitrogen and oxygen atoms in total. The second kappa shape index (κ2) is 5.19. The fraction of sp³-hybridized carbons (Fsp3) is 0. The van der Waals surface area contributed by atoms with Crippen molar-refractivity contribution in [2.75, 3.05) is 5.73 Å². The maximum absolute atomic E-state index is 11.9. The summed E-state index contributed by atoms with van der Waals surface area (Å²) >= 11 is 0. The monoisotopic (exact) mass is 239 g/mol. The Morgan fingerprint density at radius 2 is 1.72 bits per heavy atom. The number of allylic oxidation sites excluding steroid dienone is 1. The molecule has 0 heterocycles. The first-order chi connectivity index (χ1) is 8.66. The molecule has 0 saturated carbocycles. The van der Waals surface area contributed by atoms with E-state index in [0.717, 1.165) is 5.56 Å². The van der Waals surface area contributed by atoms with Gasteiger partial charge in [0.05, 0.1) is 0 Å². The van der Waals surface area contributed by atoms with E-state index in [1.165, 1.54) is 6.08 Å². The highest BCUT2D eigenvalue weighted by Gasteiger charge is 2.04. The Morgan fingerprint density at radius 3 is 2.39 bits per heavy atom. The molecule has 0 spiro atoms. The Bertz CT molecular complexity index is 586. The molecule has 0 aromatic heterocycles. The summed E-state index contributed by atoms with van der Waals surface area (Å²) in [6.07, 6.45) is 3.16. The number of ketones is 1. The number of carbonyl (C=O) groups excluding carboxylic acids is 1. The Kier molecular flexibility index (Phi) is 3.44. The summed E-state index contributed by atoms with van der Waals surface area (Å²) in [4.78, 5) is 11.9. The van der Waals surface area contributed by atoms with E-state index < -0.39 is 0 Å². The molecule has 0 saturated heterocycles. The van der Waals surface area contributed by atoms with Gasteiger partial charge in [0.2, 0.25) is 0 Å². The molecule has 90 valence electrons. The van der Waals surface area contributed by atoms with Gasteiger partial charge in [0, 0.05) is 11.3 Å². The molecule has 2 aromatic carbocycles. The molecule has 2 rings (SSSR count). The predicted molar refractivity (Wildman–Crippen MR) is 72.3 cm³/mol. The SMILES string of the molecule is Nc1ccccc1C(=O)C=Cc1ccc(O)cc1. The van der Waals surface area contributed by atoms with Crippen LogP contribution in [0.25, 0.3) is 6.08 Å². The van der Waals surface area contributed by atoms with Crippen LogP contribution in [0.5, 0.6) is 5.75 Å². The second-order valence-electron chi connectivity index (χ2n) is 3.88. The van der Waals surface area contributed by atoms with E-state index >= 15 is 0 Å². The average Bonchev–Trinajstić information content (AvgIpc) is 2.38. The number of hydrogen-bond donors (Lipinski definition) is 2. The van der Waals surface area contributed by atoms with Crippen LogP contribution in [0.2, 0.25) is 0 Å². The molecule has 0 bridgehead atoms. The molecule has 0 aliphatic rings. The molecule has 2 aromatic rings. The van der Waals surface area contributed by atoms with Gasteiger partial charge in [-0.2, -0.15) is 0 Å². The molecular weight excluding hydrogens is 226 g/mol. The topological polar surface area (TPSA) is 63.3 Å². The average molecular weight is 239 g/mol. The van der Waals surface area contributed by atoms with Crippen molar-refractivity contribution in [3.8, 4) is 5.75 Å². The zero-order valence-electron chi connectivity index (χ0n) is 9.71. The lowest BCUT2D eigenvalue weighted by molar-refractivity contribution is 0.104. The summed E-state index contributed by atoms with van der Waals surface area (Å²) < 4.78 is 0. The molecular formula is C15H13NO2. The number of nitrogen functional groups attached to an aromatic ring is 1. The molecule has 3 heteroatoms. The molecule has 0 unspecified atom stereocenters. The maximum Gasteiger partial charge on any atom is 0.187 e. The van der Waals surface area contributed by atoms with Crippen LogP contribution in [0.1, 0.15) is 15.9 Å². The quantitative estimate of drug-likeness (QED) is 0.492. The van der Waals surface area contributed by atoms with Gasteiger partial charge in [-0.3, -0.25) is 4.79 Å². The largest absolute Gasteiger partial charge is 0.508 e. The number of phenols is 1. The number of nitrogens with two attached hydrogens (primary N) is 1. The second-order valence-corrected chi connectivity index (χ2v) is 3.88. The van der Waals surface area contributed by atoms with Gasteiger partial charge in [0.15, 0.2) is 5.78 Å². The fourth-order valence-corrected chi connectivity index (χ4v) is 1.57. The summed E-state index contributed by atoms with van der Waals surface area (Å²) in [7, 11) is 0. The third-order valence-electron chi connectivity index (χ3n) is 2.55. The third-order valence-corrected chi connectivity index (χ3v) is 2.55. The van der Waals surface area contributed by atoms with Gasteiger partial charge in [-0.1, -0.05) is 30.3 Å². The van der Waals surface area contributed by atoms with E-state index in [-0.39, 0.29) is 11.5 Å². The molecule has 0 amide bonds. The molecule has 0 aliphatic carbocycles. The van der Waals surface area contributed by atoms with Crippen LogP contribution in [0.4, 0.5) is 5.69 Å². The zero-order chi connectivity index (χ0) is 13.0. The van der Waals surface area contributed by atoms with Crippen molar-refractivity contribution < 1.29 is 9.90 Å². The van der Waals surface area contributed by atoms with Gasteiger partial charge >= 0.3 is 0 Å². The van der Waals surface area contributed by atoms with E-state index in [1.54, 1.807) is 54.6 Å². The highest BCUT2D eigenvalue weighted by Crippen LogP contribution is 2.14. The molecule has 0 atom stereocenters. The Balaban J connectivity index is 2.17. The van der Waals surface area contributed by atoms with Crippen LogP contribution in [0.15, 0.2) is 54.6 Å². The van der Waals surface area contributed by atoms with E-state index in [9.17, 15) is 4.79 Å². The zero-order valence-corrected chi connectivity index (χ0v) is 9.71. The van der Waals surface area contributed by atoms with Crippen molar-refractivity contribution in [1.29, 1.82) is 0 Å². The maximum atomic E-state index is 11.9. The van der Waals surface area contributed by atoms with Crippen molar-refractivity contribution in [1.82, 2.24) is 0 Å². The number of aromatic hydroxyl groups is 1. The molecule has 0 radical (unpaired) electrons. The predicted octanol–water partition coefficient (Wildman–Crippen LogP) is 2.87. The summed E-state index contributed by atoms with van der Waals surface area (Å²) in [6.45, 7) is 0. The minimum absolute atomic E-state index is 0.138. The first kappa shape index (κ1) is 11.9. The van der Waals surface area contributed by atoms with Gasteiger partial charge in [-0.25, -0.2) is 0 Å². The fourth-order valence-electron chi connectivity index (χ4n) is 1.57. The van der Waals surface area contributed by atoms with Crippen LogP contribution in [0, 0.1) is 0 Å². The van der Waals surface area contributed by atoms with Crippen molar-refractivity contribution in [3.63, 3.8) is 0 Å². The first-order valence-electron chi connectivity index (χ1n) is 5.53. The summed E-state index contributed by atoms with van der Waals surface area (Å²) in [5, 5.41) is 9.14. The molecule has 3 N–H and O–H groups in total. The smallest absolute Gasteiger partial charge is 0.187 e. The van der Waals surface area contributed by atoms with E-state index in [0.29, 0.717) is 11.3 Å². The first-order valence-corrected chi connectivity index (χ1v) is 5.53. The summed E-state index contributed by atoms with van der Waals surface area (Å²) in [6, 6.07) is 13.6. The van der Waals surface area contributed by atoms with Crippen LogP contribution in [-0.2, 0) is 0 Å². The van der Waals surface area contributed by atoms with Gasteiger partial charge < -0.3 is 10.8 Å². The Morgan fingerprint density at radius 1 is 1.06 bits per heavy atom. The third kappa shape index (κ3) is 2.77. The van der Waals surface area contributed by atoms with Crippen LogP contribution < -0.4 is 5.73 Å². The van der Waals surface area contributed by atoms with Gasteiger partial charge in [0.1, 0.15) is 5.75 Å². The van der Waals surface area contributed by atoms with E-state index in [1.807, 2.05) is 0 Å². The van der Waals surface area contributed by atoms with Gasteiger partial charge in [-0.05, 0) is 35.9 Å². The highest BCUT2D eigenvalue weighted by molar-refractivity contribution is 6.10. The van der Waals surface area contributed by atoms with E-state index in [4.69, 9.17) is 10.8 Å². The molecule has 0 aliphatic heterocycles. The van der Waals surface area contributed by atoms with Crippen LogP contribution in [-0.4, -0.2) is 10.9 Å². The number of para-hydroxylation sites is 1. The number of benzene rings is 2. The van der Waals surface area contributed by atoms with Crippen molar-refractivity contribution in [2.24, 2.45) is 0 Å². The Labute approximate surface area is 105 Å². The highest BCUT2D eigenvalue weighted by atomic mass is 16.3. The lowest BCUT2D eigenvalue weighted by Crippen LogP contribution is -1.99. The lowest BCUT2D eigenvalue weighted by Gasteiger charge is -2.00. The molecule has 0 fully saturated rings. The minimum atomic E-state index is -0.138. The van der Waals surface area contributed by atoms with Gasteiger partial charge in [-0.15, -0.1) is 0 Å². The van der Waals surface area contributed by atoms with Crippen molar-refractivity contribution in [3.05, 3.63) is 65.7 Å². The van der Waals surface area contributed by atoms with Gasteiger partial charge in [0.25, 0.3) is 0 Å². The molecule has 18 heavy (non-hydrogen) atoms. The minimum Gasteiger partial charge on any atom is -0.508 e. The van der Waals surface area contributed by atoms with Crippen molar-refractivity contribution >= 4 is 17.5 Å². The number of hydrogen-bond acceptors (Lipinski definition) is 3. The van der Waals surface area contributed by atoms with Crippen LogP contribution in [0.3, 0.4) is 0 Å².